The number of para-hydroxylation sites is 1. The lowest BCUT2D eigenvalue weighted by molar-refractivity contribution is -0.274. The van der Waals surface area contributed by atoms with E-state index in [-0.39, 0.29) is 18.2 Å². The Morgan fingerprint density at radius 1 is 1.19 bits per heavy atom. The van der Waals surface area contributed by atoms with Crippen LogP contribution in [-0.4, -0.2) is 16.3 Å². The number of hydrogen-bond donors (Lipinski definition) is 1. The second kappa shape index (κ2) is 6.09. The number of aromatic nitrogens is 2. The third-order valence-electron chi connectivity index (χ3n) is 2.42. The van der Waals surface area contributed by atoms with E-state index < -0.39 is 6.36 Å². The second-order valence-corrected chi connectivity index (χ2v) is 3.92. The van der Waals surface area contributed by atoms with E-state index in [2.05, 4.69) is 20.0 Å². The molecule has 0 fully saturated rings. The van der Waals surface area contributed by atoms with Crippen molar-refractivity contribution in [3.05, 3.63) is 47.8 Å². The summed E-state index contributed by atoms with van der Waals surface area (Å²) in [5, 5.41) is 11.4. The van der Waals surface area contributed by atoms with Gasteiger partial charge in [0.05, 0.1) is 18.0 Å². The highest BCUT2D eigenvalue weighted by Crippen LogP contribution is 2.26. The highest BCUT2D eigenvalue weighted by atomic mass is 19.4. The molecule has 0 saturated carbocycles. The predicted octanol–water partition coefficient (Wildman–Crippen LogP) is 2.86. The van der Waals surface area contributed by atoms with E-state index in [9.17, 15) is 13.2 Å². The van der Waals surface area contributed by atoms with Gasteiger partial charge in [0, 0.05) is 12.1 Å². The van der Waals surface area contributed by atoms with Crippen LogP contribution in [0.5, 0.6) is 5.75 Å². The van der Waals surface area contributed by atoms with Crippen LogP contribution in [0.1, 0.15) is 11.1 Å². The zero-order valence-corrected chi connectivity index (χ0v) is 10.6. The topological polar surface area (TPSA) is 70.8 Å². The van der Waals surface area contributed by atoms with E-state index in [1.165, 1.54) is 30.6 Å². The number of nitrogens with one attached hydrogen (secondary N) is 1. The van der Waals surface area contributed by atoms with Crippen LogP contribution in [0, 0.1) is 11.3 Å². The maximum Gasteiger partial charge on any atom is 0.573 e. The van der Waals surface area contributed by atoms with E-state index >= 15 is 0 Å². The average molecular weight is 294 g/mol. The third kappa shape index (κ3) is 4.35. The van der Waals surface area contributed by atoms with Crippen molar-refractivity contribution in [1.82, 2.24) is 9.97 Å². The number of benzene rings is 1. The first kappa shape index (κ1) is 14.6. The summed E-state index contributed by atoms with van der Waals surface area (Å²) in [5.74, 6) is -0.0815. The van der Waals surface area contributed by atoms with Gasteiger partial charge < -0.3 is 10.1 Å². The fourth-order valence-corrected chi connectivity index (χ4v) is 1.53. The summed E-state index contributed by atoms with van der Waals surface area (Å²) in [6, 6.07) is 7.63. The van der Waals surface area contributed by atoms with Crippen molar-refractivity contribution in [2.24, 2.45) is 0 Å². The van der Waals surface area contributed by atoms with Gasteiger partial charge in [0.15, 0.2) is 0 Å². The van der Waals surface area contributed by atoms with E-state index in [1.807, 2.05) is 6.07 Å². The molecule has 1 heterocycles. The molecular weight excluding hydrogens is 285 g/mol. The minimum Gasteiger partial charge on any atom is -0.405 e. The summed E-state index contributed by atoms with van der Waals surface area (Å²) >= 11 is 0. The molecule has 1 N–H and O–H groups in total. The molecule has 0 atom stereocenters. The van der Waals surface area contributed by atoms with Gasteiger partial charge in [0.2, 0.25) is 5.95 Å². The molecule has 0 unspecified atom stereocenters. The zero-order valence-electron chi connectivity index (χ0n) is 10.6. The van der Waals surface area contributed by atoms with E-state index in [0.29, 0.717) is 11.1 Å². The van der Waals surface area contributed by atoms with Gasteiger partial charge >= 0.3 is 6.36 Å². The normalized spacial score (nSPS) is 10.8. The highest BCUT2D eigenvalue weighted by Gasteiger charge is 2.31. The van der Waals surface area contributed by atoms with Crippen LogP contribution < -0.4 is 10.1 Å². The molecule has 0 aliphatic carbocycles. The zero-order chi connectivity index (χ0) is 15.3. The molecule has 1 aromatic carbocycles. The van der Waals surface area contributed by atoms with Crippen molar-refractivity contribution < 1.29 is 17.9 Å². The third-order valence-corrected chi connectivity index (χ3v) is 2.42. The van der Waals surface area contributed by atoms with Crippen LogP contribution >= 0.6 is 0 Å². The molecule has 5 nitrogen and oxygen atoms in total. The number of ether oxygens (including phenoxy) is 1. The molecule has 108 valence electrons. The Bertz CT molecular complexity index is 650. The van der Waals surface area contributed by atoms with Crippen molar-refractivity contribution in [2.75, 3.05) is 5.32 Å². The number of alkyl halides is 3. The number of nitrogens with zero attached hydrogens (tertiary/aromatic N) is 3. The van der Waals surface area contributed by atoms with Crippen molar-refractivity contribution in [2.45, 2.75) is 12.9 Å². The minimum absolute atomic E-state index is 0.0537. The van der Waals surface area contributed by atoms with Gasteiger partial charge in [0.25, 0.3) is 0 Å². The lowest BCUT2D eigenvalue weighted by Gasteiger charge is -2.13. The number of hydrogen-bond acceptors (Lipinski definition) is 5. The summed E-state index contributed by atoms with van der Waals surface area (Å²) in [7, 11) is 0. The molecule has 0 aliphatic heterocycles. The minimum atomic E-state index is -4.75. The summed E-state index contributed by atoms with van der Waals surface area (Å²) in [6.07, 6.45) is -2.12. The predicted molar refractivity (Wildman–Crippen MR) is 67.2 cm³/mol. The van der Waals surface area contributed by atoms with Crippen LogP contribution in [0.4, 0.5) is 19.1 Å². The number of halogens is 3. The Kier molecular flexibility index (Phi) is 4.23. The Balaban J connectivity index is 2.07. The van der Waals surface area contributed by atoms with Gasteiger partial charge in [-0.05, 0) is 6.07 Å². The van der Waals surface area contributed by atoms with Crippen LogP contribution in [0.3, 0.4) is 0 Å². The summed E-state index contributed by atoms with van der Waals surface area (Å²) < 4.78 is 40.7. The van der Waals surface area contributed by atoms with Gasteiger partial charge in [-0.1, -0.05) is 18.2 Å². The maximum absolute atomic E-state index is 12.3. The van der Waals surface area contributed by atoms with Crippen LogP contribution in [0.2, 0.25) is 0 Å². The van der Waals surface area contributed by atoms with E-state index in [4.69, 9.17) is 5.26 Å². The standard InChI is InChI=1S/C13H9F3N4O/c14-13(15,16)21-11-4-2-1-3-10(11)8-20-12-18-6-9(5-17)7-19-12/h1-4,6-7H,8H2,(H,18,19,20). The Morgan fingerprint density at radius 3 is 2.48 bits per heavy atom. The van der Waals surface area contributed by atoms with Crippen LogP contribution in [-0.2, 0) is 6.54 Å². The molecule has 0 radical (unpaired) electrons. The lowest BCUT2D eigenvalue weighted by atomic mass is 10.2. The molecule has 0 amide bonds. The van der Waals surface area contributed by atoms with Crippen molar-refractivity contribution in [1.29, 1.82) is 5.26 Å². The fraction of sp³-hybridized carbons (Fsp3) is 0.154. The van der Waals surface area contributed by atoms with E-state index in [0.717, 1.165) is 0 Å². The lowest BCUT2D eigenvalue weighted by Crippen LogP contribution is -2.18. The molecule has 2 rings (SSSR count). The molecule has 0 aliphatic rings. The average Bonchev–Trinajstić information content (AvgIpc) is 2.45. The highest BCUT2D eigenvalue weighted by molar-refractivity contribution is 5.37. The first-order valence-electron chi connectivity index (χ1n) is 5.77. The first-order valence-corrected chi connectivity index (χ1v) is 5.77. The van der Waals surface area contributed by atoms with E-state index in [1.54, 1.807) is 6.07 Å². The number of nitriles is 1. The summed E-state index contributed by atoms with van der Waals surface area (Å²) in [4.78, 5) is 7.72. The van der Waals surface area contributed by atoms with Crippen molar-refractivity contribution >= 4 is 5.95 Å². The second-order valence-electron chi connectivity index (χ2n) is 3.92. The molecule has 0 saturated heterocycles. The molecular formula is C13H9F3N4O. The molecule has 8 heteroatoms. The number of anilines is 1. The number of rotatable bonds is 4. The maximum atomic E-state index is 12.3. The fourth-order valence-electron chi connectivity index (χ4n) is 1.53. The molecule has 1 aromatic heterocycles. The molecule has 0 spiro atoms. The summed E-state index contributed by atoms with van der Waals surface area (Å²) in [6.45, 7) is 0.0537. The monoisotopic (exact) mass is 294 g/mol. The Labute approximate surface area is 118 Å². The van der Waals surface area contributed by atoms with Gasteiger partial charge in [-0.15, -0.1) is 13.2 Å². The molecule has 21 heavy (non-hydrogen) atoms. The summed E-state index contributed by atoms with van der Waals surface area (Å²) in [5.41, 5.74) is 0.601. The van der Waals surface area contributed by atoms with Gasteiger partial charge in [-0.2, -0.15) is 5.26 Å². The Hall–Kier alpha value is -2.82. The van der Waals surface area contributed by atoms with Gasteiger partial charge in [-0.25, -0.2) is 9.97 Å². The van der Waals surface area contributed by atoms with Gasteiger partial charge in [-0.3, -0.25) is 0 Å². The quantitative estimate of drug-likeness (QED) is 0.938. The largest absolute Gasteiger partial charge is 0.573 e. The van der Waals surface area contributed by atoms with Crippen molar-refractivity contribution in [3.63, 3.8) is 0 Å². The van der Waals surface area contributed by atoms with Crippen LogP contribution in [0.25, 0.3) is 0 Å². The molecule has 0 bridgehead atoms. The Morgan fingerprint density at radius 2 is 1.86 bits per heavy atom. The molecule has 2 aromatic rings. The van der Waals surface area contributed by atoms with Crippen molar-refractivity contribution in [3.8, 4) is 11.8 Å². The SMILES string of the molecule is N#Cc1cnc(NCc2ccccc2OC(F)(F)F)nc1. The smallest absolute Gasteiger partial charge is 0.405 e. The van der Waals surface area contributed by atoms with Gasteiger partial charge in [0.1, 0.15) is 11.8 Å². The van der Waals surface area contributed by atoms with Crippen LogP contribution in [0.15, 0.2) is 36.7 Å². The first-order chi connectivity index (χ1) is 9.98.